The predicted molar refractivity (Wildman–Crippen MR) is 81.3 cm³/mol. The number of aromatic nitrogens is 2. The highest BCUT2D eigenvalue weighted by Gasteiger charge is 2.24. The van der Waals surface area contributed by atoms with Gasteiger partial charge in [0, 0.05) is 12.3 Å². The summed E-state index contributed by atoms with van der Waals surface area (Å²) in [5.74, 6) is 0.175. The van der Waals surface area contributed by atoms with Gasteiger partial charge in [0.1, 0.15) is 14.7 Å². The Bertz CT molecular complexity index is 690. The van der Waals surface area contributed by atoms with Gasteiger partial charge in [-0.05, 0) is 19.3 Å². The van der Waals surface area contributed by atoms with Crippen molar-refractivity contribution in [2.75, 3.05) is 11.5 Å². The molecule has 0 atom stereocenters. The van der Waals surface area contributed by atoms with Crippen molar-refractivity contribution in [3.8, 4) is 0 Å². The second-order valence-corrected chi connectivity index (χ2v) is 8.76. The number of primary sulfonamides is 1. The van der Waals surface area contributed by atoms with Crippen LogP contribution in [0.3, 0.4) is 0 Å². The molecule has 9 heteroatoms. The van der Waals surface area contributed by atoms with Gasteiger partial charge >= 0.3 is 0 Å². The fourth-order valence-corrected chi connectivity index (χ4v) is 4.15. The zero-order valence-corrected chi connectivity index (χ0v) is 14.3. The zero-order valence-electron chi connectivity index (χ0n) is 12.7. The molecule has 1 aromatic heterocycles. The highest BCUT2D eigenvalue weighted by molar-refractivity contribution is 7.91. The third kappa shape index (κ3) is 4.52. The molecule has 0 aliphatic heterocycles. The Kier molecular flexibility index (Phi) is 5.94. The first-order valence-electron chi connectivity index (χ1n) is 6.98. The van der Waals surface area contributed by atoms with Crippen LogP contribution in [0.25, 0.3) is 0 Å². The molecule has 2 N–H and O–H groups in total. The number of sulfonamides is 1. The molecule has 0 bridgehead atoms. The van der Waals surface area contributed by atoms with Crippen molar-refractivity contribution >= 4 is 19.9 Å². The molecule has 0 saturated carbocycles. The van der Waals surface area contributed by atoms with E-state index in [0.29, 0.717) is 37.2 Å². The number of nitrogens with two attached hydrogens (primary N) is 1. The quantitative estimate of drug-likeness (QED) is 0.741. The topological polar surface area (TPSA) is 112 Å². The van der Waals surface area contributed by atoms with Gasteiger partial charge in [-0.25, -0.2) is 22.0 Å². The van der Waals surface area contributed by atoms with E-state index in [0.717, 1.165) is 0 Å². The van der Waals surface area contributed by atoms with Gasteiger partial charge in [-0.1, -0.05) is 20.8 Å². The van der Waals surface area contributed by atoms with Gasteiger partial charge in [0.2, 0.25) is 10.0 Å². The van der Waals surface area contributed by atoms with Crippen molar-refractivity contribution in [3.63, 3.8) is 0 Å². The fourth-order valence-electron chi connectivity index (χ4n) is 2.20. The SMILES string of the molecule is CCc1nn(CCCS(=O)(=O)CC)c(CC)c1S(N)(=O)=O. The van der Waals surface area contributed by atoms with Crippen LogP contribution in [0.1, 0.15) is 38.6 Å². The maximum absolute atomic E-state index is 11.7. The molecule has 1 rings (SSSR count). The Balaban J connectivity index is 3.07. The lowest BCUT2D eigenvalue weighted by Gasteiger charge is -2.07. The van der Waals surface area contributed by atoms with Crippen LogP contribution in [0.4, 0.5) is 0 Å². The monoisotopic (exact) mass is 337 g/mol. The average Bonchev–Trinajstić information content (AvgIpc) is 2.76. The molecule has 0 aromatic carbocycles. The molecule has 21 heavy (non-hydrogen) atoms. The molecule has 0 radical (unpaired) electrons. The van der Waals surface area contributed by atoms with Crippen molar-refractivity contribution in [1.29, 1.82) is 0 Å². The first-order chi connectivity index (χ1) is 9.66. The van der Waals surface area contributed by atoms with Crippen molar-refractivity contribution < 1.29 is 16.8 Å². The number of hydrogen-bond donors (Lipinski definition) is 1. The molecule has 0 aliphatic rings. The third-order valence-electron chi connectivity index (χ3n) is 3.30. The first-order valence-corrected chi connectivity index (χ1v) is 10.3. The van der Waals surface area contributed by atoms with E-state index in [9.17, 15) is 16.8 Å². The molecule has 0 amide bonds. The Labute approximate surface area is 126 Å². The lowest BCUT2D eigenvalue weighted by Crippen LogP contribution is -2.16. The van der Waals surface area contributed by atoms with Gasteiger partial charge in [0.15, 0.2) is 0 Å². The summed E-state index contributed by atoms with van der Waals surface area (Å²) in [4.78, 5) is 0.0887. The van der Waals surface area contributed by atoms with Gasteiger partial charge in [-0.15, -0.1) is 0 Å². The summed E-state index contributed by atoms with van der Waals surface area (Å²) in [7, 11) is -6.86. The minimum Gasteiger partial charge on any atom is -0.268 e. The van der Waals surface area contributed by atoms with Crippen molar-refractivity contribution in [2.45, 2.75) is 51.5 Å². The minimum atomic E-state index is -3.83. The van der Waals surface area contributed by atoms with E-state index < -0.39 is 19.9 Å². The van der Waals surface area contributed by atoms with E-state index in [4.69, 9.17) is 5.14 Å². The molecule has 122 valence electrons. The summed E-state index contributed by atoms with van der Waals surface area (Å²) in [6, 6.07) is 0. The van der Waals surface area contributed by atoms with Gasteiger partial charge in [0.25, 0.3) is 0 Å². The molecule has 0 spiro atoms. The molecule has 0 saturated heterocycles. The smallest absolute Gasteiger partial charge is 0.241 e. The molecular weight excluding hydrogens is 314 g/mol. The fraction of sp³-hybridized carbons (Fsp3) is 0.750. The van der Waals surface area contributed by atoms with Crippen LogP contribution >= 0.6 is 0 Å². The van der Waals surface area contributed by atoms with Crippen LogP contribution in [-0.4, -0.2) is 38.1 Å². The number of nitrogens with zero attached hydrogens (tertiary/aromatic N) is 2. The standard InChI is InChI=1S/C12H23N3O4S2/c1-4-10-12(21(13,18)19)11(5-2)15(14-10)8-7-9-20(16,17)6-3/h4-9H2,1-3H3,(H2,13,18,19). The summed E-state index contributed by atoms with van der Waals surface area (Å²) in [6.07, 6.45) is 1.33. The highest BCUT2D eigenvalue weighted by atomic mass is 32.2. The Morgan fingerprint density at radius 2 is 1.71 bits per heavy atom. The summed E-state index contributed by atoms with van der Waals surface area (Å²) in [6.45, 7) is 5.60. The summed E-state index contributed by atoms with van der Waals surface area (Å²) >= 11 is 0. The van der Waals surface area contributed by atoms with Gasteiger partial charge in [-0.2, -0.15) is 5.10 Å². The number of sulfone groups is 1. The Morgan fingerprint density at radius 1 is 1.10 bits per heavy atom. The number of rotatable bonds is 8. The third-order valence-corrected chi connectivity index (χ3v) is 6.13. The van der Waals surface area contributed by atoms with Crippen LogP contribution < -0.4 is 5.14 Å². The summed E-state index contributed by atoms with van der Waals surface area (Å²) in [5, 5.41) is 9.54. The van der Waals surface area contributed by atoms with Crippen LogP contribution in [0, 0.1) is 0 Å². The Hall–Kier alpha value is -0.930. The van der Waals surface area contributed by atoms with Crippen LogP contribution in [0.15, 0.2) is 4.90 Å². The minimum absolute atomic E-state index is 0.0681. The van der Waals surface area contributed by atoms with Crippen molar-refractivity contribution in [1.82, 2.24) is 9.78 Å². The van der Waals surface area contributed by atoms with E-state index >= 15 is 0 Å². The summed E-state index contributed by atoms with van der Waals surface area (Å²) in [5.41, 5.74) is 0.982. The number of aryl methyl sites for hydroxylation is 2. The van der Waals surface area contributed by atoms with Gasteiger partial charge in [-0.3, -0.25) is 4.68 Å². The van der Waals surface area contributed by atoms with E-state index in [-0.39, 0.29) is 16.4 Å². The highest BCUT2D eigenvalue weighted by Crippen LogP contribution is 2.21. The molecule has 0 aliphatic carbocycles. The molecule has 1 heterocycles. The van der Waals surface area contributed by atoms with Gasteiger partial charge in [0.05, 0.1) is 17.1 Å². The maximum Gasteiger partial charge on any atom is 0.241 e. The lowest BCUT2D eigenvalue weighted by atomic mass is 10.2. The zero-order chi connectivity index (χ0) is 16.3. The van der Waals surface area contributed by atoms with Crippen LogP contribution in [0.2, 0.25) is 0 Å². The molecule has 1 aromatic rings. The van der Waals surface area contributed by atoms with E-state index in [1.165, 1.54) is 0 Å². The Morgan fingerprint density at radius 3 is 2.14 bits per heavy atom. The molecular formula is C12H23N3O4S2. The van der Waals surface area contributed by atoms with Gasteiger partial charge < -0.3 is 0 Å². The predicted octanol–water partition coefficient (Wildman–Crippen LogP) is 0.480. The normalized spacial score (nSPS) is 12.8. The largest absolute Gasteiger partial charge is 0.268 e. The summed E-state index contributed by atoms with van der Waals surface area (Å²) < 4.78 is 48.0. The van der Waals surface area contributed by atoms with Crippen LogP contribution in [-0.2, 0) is 39.2 Å². The average molecular weight is 337 g/mol. The maximum atomic E-state index is 11.7. The lowest BCUT2D eigenvalue weighted by molar-refractivity contribution is 0.555. The second kappa shape index (κ2) is 6.89. The number of hydrogen-bond acceptors (Lipinski definition) is 5. The van der Waals surface area contributed by atoms with E-state index in [2.05, 4.69) is 5.10 Å². The molecule has 0 fully saturated rings. The first kappa shape index (κ1) is 18.1. The van der Waals surface area contributed by atoms with Crippen molar-refractivity contribution in [2.24, 2.45) is 5.14 Å². The second-order valence-electron chi connectivity index (χ2n) is 4.79. The van der Waals surface area contributed by atoms with E-state index in [1.54, 1.807) is 11.6 Å². The molecule has 7 nitrogen and oxygen atoms in total. The van der Waals surface area contributed by atoms with Crippen molar-refractivity contribution in [3.05, 3.63) is 11.4 Å². The molecule has 0 unspecified atom stereocenters. The van der Waals surface area contributed by atoms with Crippen LogP contribution in [0.5, 0.6) is 0 Å². The van der Waals surface area contributed by atoms with E-state index in [1.807, 2.05) is 13.8 Å².